The van der Waals surface area contributed by atoms with Crippen molar-refractivity contribution in [3.63, 3.8) is 0 Å². The highest BCUT2D eigenvalue weighted by molar-refractivity contribution is 7.09. The Labute approximate surface area is 174 Å². The van der Waals surface area contributed by atoms with Crippen molar-refractivity contribution in [3.05, 3.63) is 57.2 Å². The van der Waals surface area contributed by atoms with Gasteiger partial charge in [-0.15, -0.1) is 11.3 Å². The van der Waals surface area contributed by atoms with Gasteiger partial charge in [0.1, 0.15) is 6.04 Å². The van der Waals surface area contributed by atoms with E-state index in [2.05, 4.69) is 16.3 Å². The van der Waals surface area contributed by atoms with Crippen LogP contribution in [0.2, 0.25) is 5.02 Å². The van der Waals surface area contributed by atoms with Gasteiger partial charge in [0.2, 0.25) is 5.91 Å². The summed E-state index contributed by atoms with van der Waals surface area (Å²) in [5.74, 6) is -0.102. The van der Waals surface area contributed by atoms with Gasteiger partial charge in [-0.05, 0) is 42.0 Å². The fraction of sp³-hybridized carbons (Fsp3) is 0.429. The van der Waals surface area contributed by atoms with Crippen molar-refractivity contribution >= 4 is 34.8 Å². The van der Waals surface area contributed by atoms with Crippen molar-refractivity contribution in [3.8, 4) is 0 Å². The van der Waals surface area contributed by atoms with Gasteiger partial charge < -0.3 is 9.64 Å². The van der Waals surface area contributed by atoms with Crippen LogP contribution in [0.4, 0.5) is 0 Å². The summed E-state index contributed by atoms with van der Waals surface area (Å²) in [7, 11) is 1.40. The summed E-state index contributed by atoms with van der Waals surface area (Å²) in [6, 6.07) is 10.9. The van der Waals surface area contributed by atoms with E-state index in [9.17, 15) is 9.59 Å². The highest BCUT2D eigenvalue weighted by Crippen LogP contribution is 2.25. The molecule has 1 saturated heterocycles. The summed E-state index contributed by atoms with van der Waals surface area (Å²) < 4.78 is 5.02. The molecular weight excluding hydrogens is 396 g/mol. The third kappa shape index (κ3) is 5.34. The first kappa shape index (κ1) is 20.8. The molecule has 3 rings (SSSR count). The zero-order valence-electron chi connectivity index (χ0n) is 16.0. The molecule has 7 heteroatoms. The summed E-state index contributed by atoms with van der Waals surface area (Å²) >= 11 is 7.70. The average Bonchev–Trinajstić information content (AvgIpc) is 3.23. The molecule has 0 saturated carbocycles. The molecule has 2 heterocycles. The Morgan fingerprint density at radius 3 is 2.46 bits per heavy atom. The number of thiophene rings is 1. The van der Waals surface area contributed by atoms with Gasteiger partial charge in [0.05, 0.1) is 7.11 Å². The minimum absolute atomic E-state index is 0.192. The predicted molar refractivity (Wildman–Crippen MR) is 112 cm³/mol. The van der Waals surface area contributed by atoms with E-state index < -0.39 is 6.04 Å². The number of esters is 1. The molecule has 0 aliphatic carbocycles. The molecule has 0 bridgehead atoms. The maximum Gasteiger partial charge on any atom is 0.327 e. The van der Waals surface area contributed by atoms with Gasteiger partial charge in [0.25, 0.3) is 0 Å². The number of nitrogens with zero attached hydrogens (tertiary/aromatic N) is 2. The molecule has 1 fully saturated rings. The summed E-state index contributed by atoms with van der Waals surface area (Å²) in [6.45, 7) is 2.52. The van der Waals surface area contributed by atoms with Crippen molar-refractivity contribution in [2.24, 2.45) is 0 Å². The van der Waals surface area contributed by atoms with E-state index in [0.29, 0.717) is 37.6 Å². The van der Waals surface area contributed by atoms with Gasteiger partial charge in [-0.3, -0.25) is 9.69 Å². The molecule has 150 valence electrons. The number of hydrogen-bond acceptors (Lipinski definition) is 5. The molecule has 1 unspecified atom stereocenters. The molecule has 1 aromatic carbocycles. The zero-order valence-corrected chi connectivity index (χ0v) is 17.5. The molecule has 2 aromatic rings. The van der Waals surface area contributed by atoms with Crippen LogP contribution in [0, 0.1) is 0 Å². The molecular formula is C21H25ClN2O3S. The topological polar surface area (TPSA) is 49.9 Å². The van der Waals surface area contributed by atoms with E-state index in [1.807, 2.05) is 23.1 Å². The van der Waals surface area contributed by atoms with E-state index >= 15 is 0 Å². The molecule has 0 N–H and O–H groups in total. The number of benzene rings is 1. The maximum atomic E-state index is 12.5. The summed E-state index contributed by atoms with van der Waals surface area (Å²) in [4.78, 5) is 30.2. The van der Waals surface area contributed by atoms with Crippen LogP contribution in [-0.4, -0.2) is 55.0 Å². The Balaban J connectivity index is 1.53. The number of halogens is 1. The smallest absolute Gasteiger partial charge is 0.327 e. The number of hydrogen-bond donors (Lipinski definition) is 0. The minimum atomic E-state index is -0.474. The SMILES string of the molecule is COC(=O)C(c1ccc(Cl)cc1)N1CCN(C(=O)CCCc2cccs2)CC1. The number of rotatable bonds is 7. The van der Waals surface area contributed by atoms with Crippen LogP contribution < -0.4 is 0 Å². The number of amides is 1. The normalized spacial score (nSPS) is 16.0. The van der Waals surface area contributed by atoms with Gasteiger partial charge in [-0.25, -0.2) is 4.79 Å². The number of ether oxygens (including phenoxy) is 1. The number of methoxy groups -OCH3 is 1. The van der Waals surface area contributed by atoms with Crippen molar-refractivity contribution < 1.29 is 14.3 Å². The van der Waals surface area contributed by atoms with Crippen LogP contribution in [0.25, 0.3) is 0 Å². The van der Waals surface area contributed by atoms with E-state index in [4.69, 9.17) is 16.3 Å². The van der Waals surface area contributed by atoms with Crippen molar-refractivity contribution in [1.29, 1.82) is 0 Å². The van der Waals surface area contributed by atoms with E-state index in [1.165, 1.54) is 12.0 Å². The largest absolute Gasteiger partial charge is 0.468 e. The first-order valence-electron chi connectivity index (χ1n) is 9.46. The second-order valence-electron chi connectivity index (χ2n) is 6.83. The molecule has 1 amide bonds. The van der Waals surface area contributed by atoms with Crippen LogP contribution in [0.1, 0.15) is 29.3 Å². The third-order valence-corrected chi connectivity index (χ3v) is 6.22. The van der Waals surface area contributed by atoms with Gasteiger partial charge in [-0.2, -0.15) is 0 Å². The summed E-state index contributed by atoms with van der Waals surface area (Å²) in [5.41, 5.74) is 0.854. The van der Waals surface area contributed by atoms with Crippen molar-refractivity contribution in [1.82, 2.24) is 9.80 Å². The quantitative estimate of drug-likeness (QED) is 0.639. The van der Waals surface area contributed by atoms with Crippen molar-refractivity contribution in [2.75, 3.05) is 33.3 Å². The lowest BCUT2D eigenvalue weighted by atomic mass is 10.0. The molecule has 0 radical (unpaired) electrons. The van der Waals surface area contributed by atoms with Gasteiger partial charge >= 0.3 is 5.97 Å². The van der Waals surface area contributed by atoms with Crippen molar-refractivity contribution in [2.45, 2.75) is 25.3 Å². The highest BCUT2D eigenvalue weighted by Gasteiger charge is 2.32. The number of aryl methyl sites for hydroxylation is 1. The Morgan fingerprint density at radius 1 is 1.14 bits per heavy atom. The standard InChI is InChI=1S/C21H25ClN2O3S/c1-27-21(26)20(16-7-9-17(22)10-8-16)24-13-11-23(12-14-24)19(25)6-2-4-18-5-3-15-28-18/h3,5,7-10,15,20H,2,4,6,11-14H2,1H3. The summed E-state index contributed by atoms with van der Waals surface area (Å²) in [5, 5.41) is 2.69. The molecule has 1 aromatic heterocycles. The van der Waals surface area contributed by atoms with Gasteiger partial charge in [-0.1, -0.05) is 29.8 Å². The monoisotopic (exact) mass is 420 g/mol. The Bertz CT molecular complexity index is 771. The Morgan fingerprint density at radius 2 is 1.86 bits per heavy atom. The molecule has 5 nitrogen and oxygen atoms in total. The number of carbonyl (C=O) groups is 2. The lowest BCUT2D eigenvalue weighted by Crippen LogP contribution is -2.51. The van der Waals surface area contributed by atoms with Crippen LogP contribution in [-0.2, 0) is 20.7 Å². The fourth-order valence-corrected chi connectivity index (χ4v) is 4.39. The Hall–Kier alpha value is -1.89. The first-order valence-corrected chi connectivity index (χ1v) is 10.7. The molecule has 0 spiro atoms. The maximum absolute atomic E-state index is 12.5. The minimum Gasteiger partial charge on any atom is -0.468 e. The average molecular weight is 421 g/mol. The molecule has 1 aliphatic rings. The van der Waals surface area contributed by atoms with Gasteiger partial charge in [0, 0.05) is 42.5 Å². The molecule has 1 atom stereocenters. The summed E-state index contributed by atoms with van der Waals surface area (Å²) in [6.07, 6.45) is 2.38. The fourth-order valence-electron chi connectivity index (χ4n) is 3.51. The van der Waals surface area contributed by atoms with Crippen LogP contribution in [0.3, 0.4) is 0 Å². The second-order valence-corrected chi connectivity index (χ2v) is 8.30. The van der Waals surface area contributed by atoms with E-state index in [-0.39, 0.29) is 11.9 Å². The highest BCUT2D eigenvalue weighted by atomic mass is 35.5. The van der Waals surface area contributed by atoms with Crippen LogP contribution in [0.5, 0.6) is 0 Å². The van der Waals surface area contributed by atoms with E-state index in [0.717, 1.165) is 18.4 Å². The number of piperazine rings is 1. The zero-order chi connectivity index (χ0) is 19.9. The lowest BCUT2D eigenvalue weighted by Gasteiger charge is -2.38. The third-order valence-electron chi connectivity index (χ3n) is 5.04. The lowest BCUT2D eigenvalue weighted by molar-refractivity contribution is -0.148. The van der Waals surface area contributed by atoms with Gasteiger partial charge in [0.15, 0.2) is 0 Å². The predicted octanol–water partition coefficient (Wildman–Crippen LogP) is 3.78. The number of carbonyl (C=O) groups excluding carboxylic acids is 2. The van der Waals surface area contributed by atoms with E-state index in [1.54, 1.807) is 23.5 Å². The Kier molecular flexibility index (Phi) is 7.48. The molecule has 1 aliphatic heterocycles. The molecule has 28 heavy (non-hydrogen) atoms. The van der Waals surface area contributed by atoms with Crippen LogP contribution >= 0.6 is 22.9 Å². The first-order chi connectivity index (χ1) is 13.6. The second kappa shape index (κ2) is 10.0. The van der Waals surface area contributed by atoms with Crippen LogP contribution in [0.15, 0.2) is 41.8 Å².